The molecule has 1 heterocycles. The summed E-state index contributed by atoms with van der Waals surface area (Å²) in [7, 11) is -1.54. The Kier molecular flexibility index (Phi) is 5.64. The lowest BCUT2D eigenvalue weighted by Crippen LogP contribution is -2.43. The number of methoxy groups -OCH3 is 1. The lowest BCUT2D eigenvalue weighted by atomic mass is 9.96. The van der Waals surface area contributed by atoms with Gasteiger partial charge in [-0.15, -0.1) is 0 Å². The van der Waals surface area contributed by atoms with Crippen LogP contribution in [0.15, 0.2) is 24.3 Å². The molecule has 2 rings (SSSR count). The zero-order valence-corrected chi connectivity index (χ0v) is 14.6. The molecule has 1 aliphatic rings. The van der Waals surface area contributed by atoms with Crippen LogP contribution in [0.5, 0.6) is 5.75 Å². The monoisotopic (exact) mass is 340 g/mol. The van der Waals surface area contributed by atoms with Crippen LogP contribution in [0.25, 0.3) is 0 Å². The smallest absolute Gasteiger partial charge is 0.223 e. The van der Waals surface area contributed by atoms with Gasteiger partial charge in [-0.3, -0.25) is 4.79 Å². The molecule has 1 aromatic carbocycles. The molecule has 6 nitrogen and oxygen atoms in total. The van der Waals surface area contributed by atoms with Crippen LogP contribution in [0, 0.1) is 5.92 Å². The number of benzene rings is 1. The Morgan fingerprint density at radius 2 is 1.83 bits per heavy atom. The molecule has 1 aliphatic heterocycles. The van der Waals surface area contributed by atoms with Crippen LogP contribution < -0.4 is 10.1 Å². The number of rotatable bonds is 5. The quantitative estimate of drug-likeness (QED) is 0.882. The lowest BCUT2D eigenvalue weighted by molar-refractivity contribution is -0.126. The largest absolute Gasteiger partial charge is 0.497 e. The molecule has 1 N–H and O–H groups in total. The number of carbonyl (C=O) groups is 1. The van der Waals surface area contributed by atoms with E-state index in [0.717, 1.165) is 11.3 Å². The number of nitrogens with zero attached hydrogens (tertiary/aromatic N) is 1. The van der Waals surface area contributed by atoms with Gasteiger partial charge in [0.1, 0.15) is 5.75 Å². The van der Waals surface area contributed by atoms with Gasteiger partial charge in [-0.25, -0.2) is 12.7 Å². The first-order valence-corrected chi connectivity index (χ1v) is 9.55. The zero-order valence-electron chi connectivity index (χ0n) is 13.8. The Morgan fingerprint density at radius 1 is 1.26 bits per heavy atom. The summed E-state index contributed by atoms with van der Waals surface area (Å²) < 4.78 is 29.5. The highest BCUT2D eigenvalue weighted by Gasteiger charge is 2.29. The number of hydrogen-bond donors (Lipinski definition) is 1. The lowest BCUT2D eigenvalue weighted by Gasteiger charge is -2.30. The first-order chi connectivity index (χ1) is 10.8. The molecule has 0 saturated carbocycles. The van der Waals surface area contributed by atoms with Gasteiger partial charge in [0, 0.05) is 19.0 Å². The van der Waals surface area contributed by atoms with Gasteiger partial charge < -0.3 is 10.1 Å². The molecular weight excluding hydrogens is 316 g/mol. The van der Waals surface area contributed by atoms with Gasteiger partial charge in [0.25, 0.3) is 0 Å². The van der Waals surface area contributed by atoms with Crippen molar-refractivity contribution in [1.29, 1.82) is 0 Å². The molecule has 23 heavy (non-hydrogen) atoms. The molecule has 0 bridgehead atoms. The van der Waals surface area contributed by atoms with Crippen LogP contribution in [0.1, 0.15) is 31.4 Å². The minimum absolute atomic E-state index is 0.0125. The van der Waals surface area contributed by atoms with Crippen molar-refractivity contribution in [1.82, 2.24) is 9.62 Å². The third kappa shape index (κ3) is 4.68. The van der Waals surface area contributed by atoms with Crippen LogP contribution in [0.2, 0.25) is 0 Å². The predicted octanol–water partition coefficient (Wildman–Crippen LogP) is 1.54. The summed E-state index contributed by atoms with van der Waals surface area (Å²) in [5.74, 6) is 0.635. The maximum Gasteiger partial charge on any atom is 0.223 e. The standard InChI is InChI=1S/C16H24N2O4S/c1-12(13-4-6-15(22-2)7-5-13)17-16(19)14-8-10-18(11-9-14)23(3,20)21/h4-7,12,14H,8-11H2,1-3H3,(H,17,19). The second kappa shape index (κ2) is 7.31. The third-order valence-corrected chi connectivity index (χ3v) is 5.57. The Labute approximate surface area is 137 Å². The van der Waals surface area contributed by atoms with Crippen molar-refractivity contribution < 1.29 is 17.9 Å². The van der Waals surface area contributed by atoms with Crippen molar-refractivity contribution in [2.24, 2.45) is 5.92 Å². The zero-order chi connectivity index (χ0) is 17.0. The van der Waals surface area contributed by atoms with Crippen molar-refractivity contribution in [2.45, 2.75) is 25.8 Å². The molecule has 7 heteroatoms. The Bertz CT molecular complexity index is 635. The maximum absolute atomic E-state index is 12.4. The molecule has 1 unspecified atom stereocenters. The van der Waals surface area contributed by atoms with Gasteiger partial charge in [0.2, 0.25) is 15.9 Å². The van der Waals surface area contributed by atoms with Crippen LogP contribution >= 0.6 is 0 Å². The van der Waals surface area contributed by atoms with E-state index in [9.17, 15) is 13.2 Å². The van der Waals surface area contributed by atoms with Crippen molar-refractivity contribution in [3.05, 3.63) is 29.8 Å². The second-order valence-electron chi connectivity index (χ2n) is 5.94. The number of nitrogens with one attached hydrogen (secondary N) is 1. The van der Waals surface area contributed by atoms with E-state index in [1.165, 1.54) is 10.6 Å². The van der Waals surface area contributed by atoms with E-state index in [4.69, 9.17) is 4.74 Å². The van der Waals surface area contributed by atoms with Crippen molar-refractivity contribution in [2.75, 3.05) is 26.5 Å². The fourth-order valence-corrected chi connectivity index (χ4v) is 3.63. The van der Waals surface area contributed by atoms with Crippen molar-refractivity contribution in [3.8, 4) is 5.75 Å². The average molecular weight is 340 g/mol. The van der Waals surface area contributed by atoms with E-state index in [2.05, 4.69) is 5.32 Å². The number of ether oxygens (including phenoxy) is 1. The molecule has 0 radical (unpaired) electrons. The molecule has 0 aromatic heterocycles. The van der Waals surface area contributed by atoms with Gasteiger partial charge in [-0.1, -0.05) is 12.1 Å². The van der Waals surface area contributed by atoms with E-state index in [0.29, 0.717) is 25.9 Å². The fourth-order valence-electron chi connectivity index (χ4n) is 2.76. The number of hydrogen-bond acceptors (Lipinski definition) is 4. The molecule has 0 aliphatic carbocycles. The summed E-state index contributed by atoms with van der Waals surface area (Å²) >= 11 is 0. The summed E-state index contributed by atoms with van der Waals surface area (Å²) in [4.78, 5) is 12.4. The van der Waals surface area contributed by atoms with E-state index in [1.807, 2.05) is 31.2 Å². The van der Waals surface area contributed by atoms with Gasteiger partial charge in [0.05, 0.1) is 19.4 Å². The van der Waals surface area contributed by atoms with Crippen LogP contribution in [-0.4, -0.2) is 45.1 Å². The van der Waals surface area contributed by atoms with Gasteiger partial charge in [-0.2, -0.15) is 0 Å². The Hall–Kier alpha value is -1.60. The van der Waals surface area contributed by atoms with Crippen LogP contribution in [-0.2, 0) is 14.8 Å². The molecule has 1 atom stereocenters. The fraction of sp³-hybridized carbons (Fsp3) is 0.562. The summed E-state index contributed by atoms with van der Waals surface area (Å²) in [5.41, 5.74) is 1.01. The summed E-state index contributed by atoms with van der Waals surface area (Å²) in [5, 5.41) is 3.01. The predicted molar refractivity (Wildman–Crippen MR) is 88.7 cm³/mol. The molecule has 128 valence electrons. The average Bonchev–Trinajstić information content (AvgIpc) is 2.54. The van der Waals surface area contributed by atoms with Crippen molar-refractivity contribution in [3.63, 3.8) is 0 Å². The van der Waals surface area contributed by atoms with Crippen molar-refractivity contribution >= 4 is 15.9 Å². The maximum atomic E-state index is 12.4. The Morgan fingerprint density at radius 3 is 2.30 bits per heavy atom. The Balaban J connectivity index is 1.89. The molecule has 1 fully saturated rings. The first kappa shape index (κ1) is 17.7. The number of piperidine rings is 1. The van der Waals surface area contributed by atoms with E-state index in [-0.39, 0.29) is 17.9 Å². The molecule has 0 spiro atoms. The topological polar surface area (TPSA) is 75.7 Å². The number of carbonyl (C=O) groups excluding carboxylic acids is 1. The third-order valence-electron chi connectivity index (χ3n) is 4.27. The van der Waals surface area contributed by atoms with Crippen LogP contribution in [0.3, 0.4) is 0 Å². The van der Waals surface area contributed by atoms with E-state index >= 15 is 0 Å². The molecule has 1 aromatic rings. The molecule has 1 amide bonds. The first-order valence-electron chi connectivity index (χ1n) is 7.70. The van der Waals surface area contributed by atoms with E-state index in [1.54, 1.807) is 7.11 Å². The highest BCUT2D eigenvalue weighted by Crippen LogP contribution is 2.22. The highest BCUT2D eigenvalue weighted by molar-refractivity contribution is 7.88. The highest BCUT2D eigenvalue weighted by atomic mass is 32.2. The summed E-state index contributed by atoms with van der Waals surface area (Å²) in [6.07, 6.45) is 2.33. The van der Waals surface area contributed by atoms with E-state index < -0.39 is 10.0 Å². The minimum atomic E-state index is -3.16. The van der Waals surface area contributed by atoms with Gasteiger partial charge >= 0.3 is 0 Å². The molecular formula is C16H24N2O4S. The number of amides is 1. The summed E-state index contributed by atoms with van der Waals surface area (Å²) in [6, 6.07) is 7.48. The van der Waals surface area contributed by atoms with Crippen LogP contribution in [0.4, 0.5) is 0 Å². The molecule has 1 saturated heterocycles. The normalized spacial score (nSPS) is 18.4. The summed E-state index contributed by atoms with van der Waals surface area (Å²) in [6.45, 7) is 2.76. The van der Waals surface area contributed by atoms with Gasteiger partial charge in [0.15, 0.2) is 0 Å². The SMILES string of the molecule is COc1ccc(C(C)NC(=O)C2CCN(S(C)(=O)=O)CC2)cc1. The van der Waals surface area contributed by atoms with Gasteiger partial charge in [-0.05, 0) is 37.5 Å². The number of sulfonamides is 1. The second-order valence-corrected chi connectivity index (χ2v) is 7.92. The minimum Gasteiger partial charge on any atom is -0.497 e.